The predicted molar refractivity (Wildman–Crippen MR) is 94.0 cm³/mol. The van der Waals surface area contributed by atoms with Gasteiger partial charge in [-0.15, -0.1) is 0 Å². The molecule has 24 heavy (non-hydrogen) atoms. The number of aryl methyl sites for hydroxylation is 1. The molecule has 2 aromatic rings. The van der Waals surface area contributed by atoms with E-state index in [1.165, 1.54) is 12.7 Å². The van der Waals surface area contributed by atoms with E-state index in [2.05, 4.69) is 22.8 Å². The summed E-state index contributed by atoms with van der Waals surface area (Å²) in [6, 6.07) is 17.0. The number of hydrogen-bond donors (Lipinski definition) is 2. The van der Waals surface area contributed by atoms with Crippen LogP contribution in [-0.4, -0.2) is 32.1 Å². The molecule has 0 aliphatic carbocycles. The van der Waals surface area contributed by atoms with E-state index in [-0.39, 0.29) is 12.5 Å². The van der Waals surface area contributed by atoms with Crippen molar-refractivity contribution in [3.63, 3.8) is 0 Å². The Morgan fingerprint density at radius 2 is 1.71 bits per heavy atom. The maximum absolute atomic E-state index is 12.0. The number of carbonyl (C=O) groups is 2. The van der Waals surface area contributed by atoms with Crippen molar-refractivity contribution in [2.45, 2.75) is 12.8 Å². The van der Waals surface area contributed by atoms with Crippen molar-refractivity contribution in [3.05, 3.63) is 65.7 Å². The molecule has 0 unspecified atom stereocenters. The first-order valence-electron chi connectivity index (χ1n) is 7.92. The van der Waals surface area contributed by atoms with Crippen molar-refractivity contribution in [1.29, 1.82) is 0 Å². The standard InChI is InChI=1S/C19H22N2O3/c1-24-19(23)16-11-5-6-12-17(16)21-18(22)14-20-13-7-10-15-8-3-2-4-9-15/h2-6,8-9,11-12,20H,7,10,13-14H2,1H3,(H,21,22). The van der Waals surface area contributed by atoms with Crippen molar-refractivity contribution in [2.24, 2.45) is 0 Å². The number of ether oxygens (including phenoxy) is 1. The number of hydrogen-bond acceptors (Lipinski definition) is 4. The molecule has 0 radical (unpaired) electrons. The number of amides is 1. The topological polar surface area (TPSA) is 67.4 Å². The van der Waals surface area contributed by atoms with Crippen LogP contribution in [0.1, 0.15) is 22.3 Å². The number of anilines is 1. The highest BCUT2D eigenvalue weighted by atomic mass is 16.5. The van der Waals surface area contributed by atoms with Crippen LogP contribution in [0.3, 0.4) is 0 Å². The maximum atomic E-state index is 12.0. The van der Waals surface area contributed by atoms with Gasteiger partial charge in [0.25, 0.3) is 0 Å². The smallest absolute Gasteiger partial charge is 0.339 e. The molecule has 0 bridgehead atoms. The summed E-state index contributed by atoms with van der Waals surface area (Å²) in [7, 11) is 1.31. The van der Waals surface area contributed by atoms with E-state index in [0.29, 0.717) is 11.3 Å². The zero-order valence-corrected chi connectivity index (χ0v) is 13.7. The SMILES string of the molecule is COC(=O)c1ccccc1NC(=O)CNCCCc1ccccc1. The summed E-state index contributed by atoms with van der Waals surface area (Å²) in [5.74, 6) is -0.659. The van der Waals surface area contributed by atoms with Crippen LogP contribution in [-0.2, 0) is 16.0 Å². The quantitative estimate of drug-likeness (QED) is 0.578. The maximum Gasteiger partial charge on any atom is 0.339 e. The van der Waals surface area contributed by atoms with Gasteiger partial charge in [0, 0.05) is 0 Å². The number of carbonyl (C=O) groups excluding carboxylic acids is 2. The van der Waals surface area contributed by atoms with Gasteiger partial charge in [-0.3, -0.25) is 4.79 Å². The van der Waals surface area contributed by atoms with Gasteiger partial charge >= 0.3 is 5.97 Å². The third-order valence-corrected chi connectivity index (χ3v) is 3.55. The van der Waals surface area contributed by atoms with Gasteiger partial charge in [-0.05, 0) is 37.1 Å². The van der Waals surface area contributed by atoms with Gasteiger partial charge in [0.05, 0.1) is 24.9 Å². The van der Waals surface area contributed by atoms with Gasteiger partial charge < -0.3 is 15.4 Å². The first-order valence-corrected chi connectivity index (χ1v) is 7.92. The Bertz CT molecular complexity index is 671. The van der Waals surface area contributed by atoms with Gasteiger partial charge in [-0.1, -0.05) is 42.5 Å². The zero-order valence-electron chi connectivity index (χ0n) is 13.7. The van der Waals surface area contributed by atoms with Gasteiger partial charge in [-0.25, -0.2) is 4.79 Å². The molecule has 1 amide bonds. The molecule has 0 saturated carbocycles. The number of methoxy groups -OCH3 is 1. The Kier molecular flexibility index (Phi) is 6.98. The molecule has 0 atom stereocenters. The minimum Gasteiger partial charge on any atom is -0.465 e. The van der Waals surface area contributed by atoms with Crippen molar-refractivity contribution >= 4 is 17.6 Å². The summed E-state index contributed by atoms with van der Waals surface area (Å²) >= 11 is 0. The first kappa shape index (κ1) is 17.7. The van der Waals surface area contributed by atoms with Crippen LogP contribution in [0.25, 0.3) is 0 Å². The minimum atomic E-state index is -0.471. The highest BCUT2D eigenvalue weighted by molar-refractivity contribution is 6.01. The molecule has 0 aliphatic rings. The molecule has 2 N–H and O–H groups in total. The number of rotatable bonds is 8. The predicted octanol–water partition coefficient (Wildman–Crippen LogP) is 2.63. The van der Waals surface area contributed by atoms with E-state index < -0.39 is 5.97 Å². The largest absolute Gasteiger partial charge is 0.465 e. The lowest BCUT2D eigenvalue weighted by Crippen LogP contribution is -2.29. The molecule has 0 saturated heterocycles. The second-order valence-corrected chi connectivity index (χ2v) is 5.35. The summed E-state index contributed by atoms with van der Waals surface area (Å²) in [5.41, 5.74) is 2.09. The van der Waals surface area contributed by atoms with Crippen molar-refractivity contribution < 1.29 is 14.3 Å². The summed E-state index contributed by atoms with van der Waals surface area (Å²) in [6.07, 6.45) is 1.93. The molecule has 0 aromatic heterocycles. The molecule has 2 rings (SSSR count). The number of esters is 1. The molecule has 126 valence electrons. The summed E-state index contributed by atoms with van der Waals surface area (Å²) in [5, 5.41) is 5.84. The Morgan fingerprint density at radius 3 is 2.46 bits per heavy atom. The molecule has 0 heterocycles. The fraction of sp³-hybridized carbons (Fsp3) is 0.263. The molecule has 5 nitrogen and oxygen atoms in total. The van der Waals surface area contributed by atoms with Crippen LogP contribution >= 0.6 is 0 Å². The van der Waals surface area contributed by atoms with Crippen LogP contribution in [0.4, 0.5) is 5.69 Å². The van der Waals surface area contributed by atoms with Crippen LogP contribution < -0.4 is 10.6 Å². The Morgan fingerprint density at radius 1 is 1.00 bits per heavy atom. The number of para-hydroxylation sites is 1. The fourth-order valence-corrected chi connectivity index (χ4v) is 2.34. The van der Waals surface area contributed by atoms with Crippen molar-refractivity contribution in [3.8, 4) is 0 Å². The van der Waals surface area contributed by atoms with Gasteiger partial charge in [0.15, 0.2) is 0 Å². The fourth-order valence-electron chi connectivity index (χ4n) is 2.34. The lowest BCUT2D eigenvalue weighted by Gasteiger charge is -2.10. The normalized spacial score (nSPS) is 10.2. The first-order chi connectivity index (χ1) is 11.7. The molecule has 0 fully saturated rings. The second-order valence-electron chi connectivity index (χ2n) is 5.35. The third kappa shape index (κ3) is 5.52. The van der Waals surface area contributed by atoms with Gasteiger partial charge in [0.2, 0.25) is 5.91 Å². The van der Waals surface area contributed by atoms with Crippen LogP contribution in [0.2, 0.25) is 0 Å². The lowest BCUT2D eigenvalue weighted by molar-refractivity contribution is -0.115. The average Bonchev–Trinajstić information content (AvgIpc) is 2.62. The lowest BCUT2D eigenvalue weighted by atomic mass is 10.1. The van der Waals surface area contributed by atoms with Crippen LogP contribution in [0.15, 0.2) is 54.6 Å². The molecule has 0 spiro atoms. The molecular weight excluding hydrogens is 304 g/mol. The Hall–Kier alpha value is -2.66. The monoisotopic (exact) mass is 326 g/mol. The summed E-state index contributed by atoms with van der Waals surface area (Å²) in [4.78, 5) is 23.6. The molecule has 5 heteroatoms. The van der Waals surface area contributed by atoms with Crippen molar-refractivity contribution in [1.82, 2.24) is 5.32 Å². The highest BCUT2D eigenvalue weighted by Gasteiger charge is 2.12. The third-order valence-electron chi connectivity index (χ3n) is 3.55. The molecule has 0 aliphatic heterocycles. The highest BCUT2D eigenvalue weighted by Crippen LogP contribution is 2.15. The molecule has 2 aromatic carbocycles. The van der Waals surface area contributed by atoms with E-state index in [4.69, 9.17) is 4.74 Å². The summed E-state index contributed by atoms with van der Waals surface area (Å²) < 4.78 is 4.71. The minimum absolute atomic E-state index is 0.189. The van der Waals surface area contributed by atoms with Crippen LogP contribution in [0, 0.1) is 0 Å². The average molecular weight is 326 g/mol. The van der Waals surface area contributed by atoms with E-state index in [9.17, 15) is 9.59 Å². The Labute approximate surface area is 142 Å². The zero-order chi connectivity index (χ0) is 17.2. The number of benzene rings is 2. The second kappa shape index (κ2) is 9.47. The van der Waals surface area contributed by atoms with E-state index >= 15 is 0 Å². The van der Waals surface area contributed by atoms with Gasteiger partial charge in [-0.2, -0.15) is 0 Å². The van der Waals surface area contributed by atoms with E-state index in [1.54, 1.807) is 24.3 Å². The van der Waals surface area contributed by atoms with Gasteiger partial charge in [0.1, 0.15) is 0 Å². The van der Waals surface area contributed by atoms with Crippen molar-refractivity contribution in [2.75, 3.05) is 25.5 Å². The Balaban J connectivity index is 1.73. The summed E-state index contributed by atoms with van der Waals surface area (Å²) in [6.45, 7) is 0.950. The van der Waals surface area contributed by atoms with E-state index in [0.717, 1.165) is 19.4 Å². The number of nitrogens with one attached hydrogen (secondary N) is 2. The molecular formula is C19H22N2O3. The van der Waals surface area contributed by atoms with E-state index in [1.807, 2.05) is 18.2 Å². The van der Waals surface area contributed by atoms with Crippen LogP contribution in [0.5, 0.6) is 0 Å².